The molecule has 1 aromatic heterocycles. The van der Waals surface area contributed by atoms with Crippen molar-refractivity contribution in [1.82, 2.24) is 10.3 Å². The van der Waals surface area contributed by atoms with Crippen molar-refractivity contribution in [1.29, 1.82) is 0 Å². The molecule has 0 bridgehead atoms. The lowest BCUT2D eigenvalue weighted by Crippen LogP contribution is -2.33. The summed E-state index contributed by atoms with van der Waals surface area (Å²) in [6.07, 6.45) is 0.432. The number of carbonyl (C=O) groups excluding carboxylic acids is 1. The van der Waals surface area contributed by atoms with Crippen molar-refractivity contribution in [2.75, 3.05) is 18.4 Å². The predicted octanol–water partition coefficient (Wildman–Crippen LogP) is 3.87. The molecule has 2 aromatic rings. The van der Waals surface area contributed by atoms with Gasteiger partial charge in [-0.3, -0.25) is 4.98 Å². The Bertz CT molecular complexity index is 678. The molecular weight excluding hydrogens is 290 g/mol. The average molecular weight is 315 g/mol. The molecule has 5 heteroatoms. The summed E-state index contributed by atoms with van der Waals surface area (Å²) in [5.74, 6) is 0. The Morgan fingerprint density at radius 2 is 1.96 bits per heavy atom. The average Bonchev–Trinajstić information content (AvgIpc) is 2.45. The van der Waals surface area contributed by atoms with Gasteiger partial charge in [-0.1, -0.05) is 18.2 Å². The number of aryl methyl sites for hydroxylation is 1. The number of anilines is 1. The van der Waals surface area contributed by atoms with E-state index in [2.05, 4.69) is 27.8 Å². The molecule has 0 unspecified atom stereocenters. The Kier molecular flexibility index (Phi) is 5.42. The van der Waals surface area contributed by atoms with E-state index in [-0.39, 0.29) is 6.09 Å². The summed E-state index contributed by atoms with van der Waals surface area (Å²) in [4.78, 5) is 16.1. The number of nitrogens with one attached hydrogen (secondary N) is 2. The molecule has 0 radical (unpaired) electrons. The van der Waals surface area contributed by atoms with Crippen molar-refractivity contribution in [3.05, 3.63) is 36.0 Å². The molecule has 0 aliphatic rings. The second-order valence-corrected chi connectivity index (χ2v) is 6.54. The number of aromatic nitrogens is 1. The third-order valence-electron chi connectivity index (χ3n) is 3.20. The van der Waals surface area contributed by atoms with Gasteiger partial charge in [0.05, 0.1) is 11.2 Å². The van der Waals surface area contributed by atoms with Gasteiger partial charge in [-0.2, -0.15) is 0 Å². The van der Waals surface area contributed by atoms with E-state index in [1.165, 1.54) is 0 Å². The summed E-state index contributed by atoms with van der Waals surface area (Å²) in [7, 11) is 0. The van der Waals surface area contributed by atoms with Crippen molar-refractivity contribution in [3.63, 3.8) is 0 Å². The molecule has 0 saturated heterocycles. The van der Waals surface area contributed by atoms with Gasteiger partial charge in [0.2, 0.25) is 0 Å². The van der Waals surface area contributed by atoms with Crippen LogP contribution in [0.15, 0.2) is 30.3 Å². The zero-order chi connectivity index (χ0) is 16.9. The number of pyridine rings is 1. The van der Waals surface area contributed by atoms with E-state index in [0.717, 1.165) is 35.2 Å². The third kappa shape index (κ3) is 5.43. The minimum Gasteiger partial charge on any atom is -0.444 e. The van der Waals surface area contributed by atoms with E-state index >= 15 is 0 Å². The highest BCUT2D eigenvalue weighted by molar-refractivity contribution is 5.90. The highest BCUT2D eigenvalue weighted by Crippen LogP contribution is 2.21. The van der Waals surface area contributed by atoms with Crippen LogP contribution in [0.25, 0.3) is 10.9 Å². The van der Waals surface area contributed by atoms with Crippen LogP contribution >= 0.6 is 0 Å². The number of rotatable bonds is 5. The molecule has 1 amide bonds. The lowest BCUT2D eigenvalue weighted by atomic mass is 10.1. The van der Waals surface area contributed by atoms with Crippen LogP contribution in [0.4, 0.5) is 10.5 Å². The van der Waals surface area contributed by atoms with E-state index in [1.54, 1.807) is 0 Å². The van der Waals surface area contributed by atoms with Crippen LogP contribution < -0.4 is 10.6 Å². The lowest BCUT2D eigenvalue weighted by molar-refractivity contribution is 0.0528. The maximum absolute atomic E-state index is 11.5. The van der Waals surface area contributed by atoms with Crippen LogP contribution in [0.3, 0.4) is 0 Å². The Morgan fingerprint density at radius 3 is 2.70 bits per heavy atom. The van der Waals surface area contributed by atoms with Crippen LogP contribution in [0, 0.1) is 6.92 Å². The first-order valence-electron chi connectivity index (χ1n) is 7.92. The van der Waals surface area contributed by atoms with Gasteiger partial charge in [0.15, 0.2) is 0 Å². The summed E-state index contributed by atoms with van der Waals surface area (Å²) in [5, 5.41) is 7.26. The first-order valence-corrected chi connectivity index (χ1v) is 7.92. The smallest absolute Gasteiger partial charge is 0.407 e. The monoisotopic (exact) mass is 315 g/mol. The van der Waals surface area contributed by atoms with E-state index in [9.17, 15) is 4.79 Å². The number of carbonyl (C=O) groups is 1. The zero-order valence-corrected chi connectivity index (χ0v) is 14.3. The quantitative estimate of drug-likeness (QED) is 0.822. The van der Waals surface area contributed by atoms with Gasteiger partial charge in [0.25, 0.3) is 0 Å². The Balaban J connectivity index is 1.81. The van der Waals surface area contributed by atoms with E-state index in [0.29, 0.717) is 6.54 Å². The van der Waals surface area contributed by atoms with Crippen molar-refractivity contribution >= 4 is 22.7 Å². The van der Waals surface area contributed by atoms with Gasteiger partial charge in [0, 0.05) is 24.2 Å². The summed E-state index contributed by atoms with van der Waals surface area (Å²) < 4.78 is 5.19. The number of amides is 1. The van der Waals surface area contributed by atoms with Gasteiger partial charge in [-0.05, 0) is 46.2 Å². The largest absolute Gasteiger partial charge is 0.444 e. The maximum atomic E-state index is 11.5. The summed E-state index contributed by atoms with van der Waals surface area (Å²) in [6, 6.07) is 10.2. The SMILES string of the molecule is Cc1ccc2cccc(NCCCNC(=O)OC(C)(C)C)c2n1. The number of ether oxygens (including phenoxy) is 1. The van der Waals surface area contributed by atoms with Crippen LogP contribution in [0.5, 0.6) is 0 Å². The van der Waals surface area contributed by atoms with Crippen LogP contribution in [0.1, 0.15) is 32.9 Å². The zero-order valence-electron chi connectivity index (χ0n) is 14.3. The Hall–Kier alpha value is -2.30. The van der Waals surface area contributed by atoms with Gasteiger partial charge < -0.3 is 15.4 Å². The van der Waals surface area contributed by atoms with Gasteiger partial charge >= 0.3 is 6.09 Å². The highest BCUT2D eigenvalue weighted by Gasteiger charge is 2.15. The van der Waals surface area contributed by atoms with E-state index in [4.69, 9.17) is 4.74 Å². The molecule has 2 rings (SSSR count). The predicted molar refractivity (Wildman–Crippen MR) is 93.8 cm³/mol. The number of hydrogen-bond acceptors (Lipinski definition) is 4. The number of nitrogens with zero attached hydrogens (tertiary/aromatic N) is 1. The fourth-order valence-corrected chi connectivity index (χ4v) is 2.20. The number of para-hydroxylation sites is 1. The molecule has 0 atom stereocenters. The van der Waals surface area contributed by atoms with Crippen LogP contribution in [0.2, 0.25) is 0 Å². The molecule has 0 spiro atoms. The highest BCUT2D eigenvalue weighted by atomic mass is 16.6. The van der Waals surface area contributed by atoms with Crippen molar-refractivity contribution in [2.45, 2.75) is 39.7 Å². The van der Waals surface area contributed by atoms with Gasteiger partial charge in [0.1, 0.15) is 5.60 Å². The molecule has 23 heavy (non-hydrogen) atoms. The minimum absolute atomic E-state index is 0.375. The Morgan fingerprint density at radius 1 is 1.17 bits per heavy atom. The van der Waals surface area contributed by atoms with Crippen molar-refractivity contribution in [3.8, 4) is 0 Å². The second-order valence-electron chi connectivity index (χ2n) is 6.54. The van der Waals surface area contributed by atoms with Crippen LogP contribution in [-0.2, 0) is 4.74 Å². The Labute approximate surface area is 137 Å². The lowest BCUT2D eigenvalue weighted by Gasteiger charge is -2.19. The minimum atomic E-state index is -0.463. The van der Waals surface area contributed by atoms with Gasteiger partial charge in [-0.15, -0.1) is 0 Å². The molecule has 0 aliphatic carbocycles. The third-order valence-corrected chi connectivity index (χ3v) is 3.20. The van der Waals surface area contributed by atoms with E-state index in [1.807, 2.05) is 45.9 Å². The molecule has 1 aromatic carbocycles. The topological polar surface area (TPSA) is 63.2 Å². The molecule has 124 valence electrons. The second kappa shape index (κ2) is 7.31. The summed E-state index contributed by atoms with van der Waals surface area (Å²) in [6.45, 7) is 8.86. The van der Waals surface area contributed by atoms with Crippen molar-refractivity contribution in [2.24, 2.45) is 0 Å². The number of alkyl carbamates (subject to hydrolysis) is 1. The molecule has 0 fully saturated rings. The normalized spacial score (nSPS) is 11.3. The number of fused-ring (bicyclic) bond motifs is 1. The molecule has 2 N–H and O–H groups in total. The molecule has 0 aliphatic heterocycles. The molecule has 0 saturated carbocycles. The van der Waals surface area contributed by atoms with Crippen molar-refractivity contribution < 1.29 is 9.53 Å². The first-order chi connectivity index (χ1) is 10.8. The molecule has 5 nitrogen and oxygen atoms in total. The molecular formula is C18H25N3O2. The fraction of sp³-hybridized carbons (Fsp3) is 0.444. The molecule has 1 heterocycles. The standard InChI is InChI=1S/C18H25N3O2/c1-13-9-10-14-7-5-8-15(16(14)21-13)19-11-6-12-20-17(22)23-18(2,3)4/h5,7-10,19H,6,11-12H2,1-4H3,(H,20,22). The fourth-order valence-electron chi connectivity index (χ4n) is 2.20. The number of benzene rings is 1. The number of hydrogen-bond donors (Lipinski definition) is 2. The van der Waals surface area contributed by atoms with E-state index < -0.39 is 5.60 Å². The summed E-state index contributed by atoms with van der Waals surface area (Å²) >= 11 is 0. The van der Waals surface area contributed by atoms with Gasteiger partial charge in [-0.25, -0.2) is 4.79 Å². The summed E-state index contributed by atoms with van der Waals surface area (Å²) in [5.41, 5.74) is 2.53. The maximum Gasteiger partial charge on any atom is 0.407 e. The first kappa shape index (κ1) is 17.1. The van der Waals surface area contributed by atoms with Crippen LogP contribution in [-0.4, -0.2) is 29.8 Å².